The van der Waals surface area contributed by atoms with Crippen molar-refractivity contribution in [3.8, 4) is 0 Å². The van der Waals surface area contributed by atoms with Gasteiger partial charge in [0.25, 0.3) is 0 Å². The molecular formula is C16H23NO. The van der Waals surface area contributed by atoms with Gasteiger partial charge in [-0.25, -0.2) is 0 Å². The second-order valence-electron chi connectivity index (χ2n) is 7.04. The van der Waals surface area contributed by atoms with Gasteiger partial charge in [0.1, 0.15) is 5.78 Å². The van der Waals surface area contributed by atoms with Gasteiger partial charge in [-0.05, 0) is 38.8 Å². The summed E-state index contributed by atoms with van der Waals surface area (Å²) in [6.45, 7) is 11.1. The Kier molecular flexibility index (Phi) is 2.06. The monoisotopic (exact) mass is 245 g/mol. The van der Waals surface area contributed by atoms with Crippen LogP contribution in [0.5, 0.6) is 0 Å². The molecule has 2 nitrogen and oxygen atoms in total. The van der Waals surface area contributed by atoms with Crippen molar-refractivity contribution in [2.45, 2.75) is 59.4 Å². The molecule has 2 atom stereocenters. The van der Waals surface area contributed by atoms with E-state index in [1.807, 2.05) is 0 Å². The summed E-state index contributed by atoms with van der Waals surface area (Å²) >= 11 is 0. The Morgan fingerprint density at radius 2 is 1.61 bits per heavy atom. The van der Waals surface area contributed by atoms with E-state index in [0.717, 1.165) is 12.8 Å². The minimum atomic E-state index is -0.129. The topological polar surface area (TPSA) is 22.0 Å². The van der Waals surface area contributed by atoms with E-state index < -0.39 is 0 Å². The zero-order valence-corrected chi connectivity index (χ0v) is 12.1. The maximum absolute atomic E-state index is 12.5. The molecule has 2 unspecified atom stereocenters. The largest absolute Gasteiger partial charge is 0.342 e. The van der Waals surface area contributed by atoms with E-state index in [9.17, 15) is 4.79 Å². The van der Waals surface area contributed by atoms with Crippen molar-refractivity contribution in [1.82, 2.24) is 4.57 Å². The second-order valence-corrected chi connectivity index (χ2v) is 7.04. The Hall–Kier alpha value is -1.05. The lowest BCUT2D eigenvalue weighted by molar-refractivity contribution is -0.128. The number of carbonyl (C=O) groups excluding carboxylic acids is 1. The van der Waals surface area contributed by atoms with Crippen LogP contribution < -0.4 is 0 Å². The Labute approximate surface area is 109 Å². The van der Waals surface area contributed by atoms with Gasteiger partial charge in [-0.3, -0.25) is 4.79 Å². The first-order valence-electron chi connectivity index (χ1n) is 6.95. The number of Topliss-reactive ketones (excluding diaryl/α,β-unsaturated/α-hetero) is 1. The van der Waals surface area contributed by atoms with Crippen molar-refractivity contribution >= 4 is 5.78 Å². The molecule has 0 amide bonds. The molecule has 1 heterocycles. The van der Waals surface area contributed by atoms with Crippen molar-refractivity contribution < 1.29 is 4.79 Å². The molecule has 98 valence electrons. The van der Waals surface area contributed by atoms with Crippen molar-refractivity contribution in [2.75, 3.05) is 0 Å². The molecule has 0 aromatic carbocycles. The molecule has 0 radical (unpaired) electrons. The third-order valence-corrected chi connectivity index (χ3v) is 6.35. The standard InChI is InChI=1S/C16H23NO/c1-11-6-7-12(2)17(11)16-9-8-15(5,13(18)10-16)14(16,3)4/h6-7H,8-10H2,1-5H3. The minimum absolute atomic E-state index is 0.0104. The third-order valence-electron chi connectivity index (χ3n) is 6.35. The molecule has 18 heavy (non-hydrogen) atoms. The lowest BCUT2D eigenvalue weighted by Gasteiger charge is -2.43. The van der Waals surface area contributed by atoms with Gasteiger partial charge in [0.15, 0.2) is 0 Å². The predicted octanol–water partition coefficient (Wildman–Crippen LogP) is 3.60. The van der Waals surface area contributed by atoms with Gasteiger partial charge in [-0.1, -0.05) is 20.8 Å². The van der Waals surface area contributed by atoms with Crippen LogP contribution in [-0.4, -0.2) is 10.4 Å². The molecule has 0 spiro atoms. The normalized spacial score (nSPS) is 37.5. The van der Waals surface area contributed by atoms with E-state index >= 15 is 0 Å². The van der Waals surface area contributed by atoms with Gasteiger partial charge in [0.05, 0.1) is 5.54 Å². The van der Waals surface area contributed by atoms with Gasteiger partial charge in [0.2, 0.25) is 0 Å². The van der Waals surface area contributed by atoms with E-state index in [1.54, 1.807) is 0 Å². The van der Waals surface area contributed by atoms with Crippen LogP contribution in [0.15, 0.2) is 12.1 Å². The van der Waals surface area contributed by atoms with Gasteiger partial charge in [0, 0.05) is 28.6 Å². The van der Waals surface area contributed by atoms with Crippen LogP contribution in [0.1, 0.15) is 51.4 Å². The molecule has 1 aromatic rings. The Morgan fingerprint density at radius 1 is 1.06 bits per heavy atom. The molecule has 2 fully saturated rings. The Morgan fingerprint density at radius 3 is 2.00 bits per heavy atom. The van der Waals surface area contributed by atoms with Gasteiger partial charge in [-0.2, -0.15) is 0 Å². The number of fused-ring (bicyclic) bond motifs is 2. The summed E-state index contributed by atoms with van der Waals surface area (Å²) < 4.78 is 2.45. The second kappa shape index (κ2) is 3.09. The highest BCUT2D eigenvalue weighted by atomic mass is 16.1. The van der Waals surface area contributed by atoms with Crippen LogP contribution >= 0.6 is 0 Å². The fourth-order valence-corrected chi connectivity index (χ4v) is 4.67. The van der Waals surface area contributed by atoms with Crippen LogP contribution in [0, 0.1) is 24.7 Å². The van der Waals surface area contributed by atoms with Crippen LogP contribution in [0.25, 0.3) is 0 Å². The van der Waals surface area contributed by atoms with E-state index in [0.29, 0.717) is 12.2 Å². The van der Waals surface area contributed by atoms with Crippen molar-refractivity contribution in [1.29, 1.82) is 0 Å². The number of carbonyl (C=O) groups is 1. The highest BCUT2D eigenvalue weighted by molar-refractivity contribution is 5.90. The molecule has 0 N–H and O–H groups in total. The summed E-state index contributed by atoms with van der Waals surface area (Å²) in [4.78, 5) is 12.5. The number of aromatic nitrogens is 1. The van der Waals surface area contributed by atoms with Gasteiger partial charge >= 0.3 is 0 Å². The van der Waals surface area contributed by atoms with E-state index in [-0.39, 0.29) is 16.4 Å². The minimum Gasteiger partial charge on any atom is -0.342 e. The van der Waals surface area contributed by atoms with E-state index in [2.05, 4.69) is 51.3 Å². The zero-order chi connectivity index (χ0) is 13.3. The fourth-order valence-electron chi connectivity index (χ4n) is 4.67. The smallest absolute Gasteiger partial charge is 0.141 e. The van der Waals surface area contributed by atoms with Gasteiger partial charge < -0.3 is 4.57 Å². The van der Waals surface area contributed by atoms with Crippen molar-refractivity contribution in [3.05, 3.63) is 23.5 Å². The summed E-state index contributed by atoms with van der Waals surface area (Å²) in [5.74, 6) is 0.464. The fraction of sp³-hybridized carbons (Fsp3) is 0.688. The highest BCUT2D eigenvalue weighted by Crippen LogP contribution is 2.69. The zero-order valence-electron chi connectivity index (χ0n) is 12.1. The van der Waals surface area contributed by atoms with Gasteiger partial charge in [-0.15, -0.1) is 0 Å². The maximum Gasteiger partial charge on any atom is 0.141 e. The number of ketones is 1. The molecule has 2 heteroatoms. The first-order valence-corrected chi connectivity index (χ1v) is 6.95. The summed E-state index contributed by atoms with van der Waals surface area (Å²) in [7, 11) is 0. The summed E-state index contributed by atoms with van der Waals surface area (Å²) in [6.07, 6.45) is 2.89. The summed E-state index contributed by atoms with van der Waals surface area (Å²) in [5.41, 5.74) is 2.51. The SMILES string of the molecule is Cc1ccc(C)n1C12CCC(C)(C(=O)C1)C2(C)C. The molecule has 2 aliphatic carbocycles. The average molecular weight is 245 g/mol. The van der Waals surface area contributed by atoms with Crippen LogP contribution in [0.2, 0.25) is 0 Å². The first-order chi connectivity index (χ1) is 8.26. The summed E-state index contributed by atoms with van der Waals surface area (Å²) in [6, 6.07) is 4.36. The maximum atomic E-state index is 12.5. The van der Waals surface area contributed by atoms with Crippen LogP contribution in [0.3, 0.4) is 0 Å². The number of aryl methyl sites for hydroxylation is 2. The van der Waals surface area contributed by atoms with Crippen LogP contribution in [0.4, 0.5) is 0 Å². The molecule has 0 saturated heterocycles. The summed E-state index contributed by atoms with van der Waals surface area (Å²) in [5, 5.41) is 0. The molecule has 2 saturated carbocycles. The lowest BCUT2D eigenvalue weighted by atomic mass is 9.68. The quantitative estimate of drug-likeness (QED) is 0.741. The highest BCUT2D eigenvalue weighted by Gasteiger charge is 2.70. The number of rotatable bonds is 1. The number of hydrogen-bond donors (Lipinski definition) is 0. The molecule has 0 aliphatic heterocycles. The Balaban J connectivity index is 2.27. The predicted molar refractivity (Wildman–Crippen MR) is 72.6 cm³/mol. The average Bonchev–Trinajstić information content (AvgIpc) is 2.75. The lowest BCUT2D eigenvalue weighted by Crippen LogP contribution is -2.43. The van der Waals surface area contributed by atoms with Crippen LogP contribution in [-0.2, 0) is 10.3 Å². The molecule has 3 rings (SSSR count). The molecular weight excluding hydrogens is 222 g/mol. The Bertz CT molecular complexity index is 520. The van der Waals surface area contributed by atoms with E-state index in [1.165, 1.54) is 11.4 Å². The molecule has 1 aromatic heterocycles. The first kappa shape index (κ1) is 12.0. The van der Waals surface area contributed by atoms with Crippen molar-refractivity contribution in [2.24, 2.45) is 10.8 Å². The third kappa shape index (κ3) is 1.000. The number of nitrogens with zero attached hydrogens (tertiary/aromatic N) is 1. The molecule has 2 bridgehead atoms. The molecule has 2 aliphatic rings. The van der Waals surface area contributed by atoms with Crippen molar-refractivity contribution in [3.63, 3.8) is 0 Å². The number of hydrogen-bond acceptors (Lipinski definition) is 1. The van der Waals surface area contributed by atoms with E-state index in [4.69, 9.17) is 0 Å².